The molecular weight excluding hydrogens is 324 g/mol. The van der Waals surface area contributed by atoms with Crippen LogP contribution >= 0.6 is 0 Å². The van der Waals surface area contributed by atoms with Gasteiger partial charge in [0.15, 0.2) is 0 Å². The average Bonchev–Trinajstić information content (AvgIpc) is 2.94. The molecule has 0 aliphatic carbocycles. The van der Waals surface area contributed by atoms with Crippen molar-refractivity contribution < 1.29 is 9.84 Å². The minimum atomic E-state index is -0.502. The van der Waals surface area contributed by atoms with E-state index in [4.69, 9.17) is 4.74 Å². The molecule has 0 fully saturated rings. The minimum Gasteiger partial charge on any atom is -0.490 e. The first-order valence-electron chi connectivity index (χ1n) is 9.57. The standard InChI is InChI=1S/C22H30N2O2/c1-4-5-8-14-24-19-11-7-6-10-18(19)22-20(24)12-9-13-21(22)26-16-17(25)15-23(2)3/h6-7,9-13,17,25H,4-5,8,14-16H2,1-3H3. The summed E-state index contributed by atoms with van der Waals surface area (Å²) in [6, 6.07) is 14.8. The molecule has 0 saturated carbocycles. The molecule has 0 bridgehead atoms. The highest BCUT2D eigenvalue weighted by Gasteiger charge is 2.15. The van der Waals surface area contributed by atoms with Crippen molar-refractivity contribution in [3.63, 3.8) is 0 Å². The average molecular weight is 354 g/mol. The maximum absolute atomic E-state index is 10.1. The van der Waals surface area contributed by atoms with Crippen molar-refractivity contribution in [1.82, 2.24) is 9.47 Å². The number of likely N-dealkylation sites (N-methyl/N-ethyl adjacent to an activating group) is 1. The molecule has 0 amide bonds. The van der Waals surface area contributed by atoms with E-state index in [9.17, 15) is 5.11 Å². The van der Waals surface area contributed by atoms with Gasteiger partial charge in [0.2, 0.25) is 0 Å². The Morgan fingerprint density at radius 2 is 1.81 bits per heavy atom. The third-order valence-corrected chi connectivity index (χ3v) is 4.75. The van der Waals surface area contributed by atoms with E-state index in [1.165, 1.54) is 35.7 Å². The van der Waals surface area contributed by atoms with Gasteiger partial charge >= 0.3 is 0 Å². The zero-order valence-corrected chi connectivity index (χ0v) is 16.1. The molecule has 4 nitrogen and oxygen atoms in total. The number of ether oxygens (including phenoxy) is 1. The van der Waals surface area contributed by atoms with E-state index in [-0.39, 0.29) is 0 Å². The lowest BCUT2D eigenvalue weighted by atomic mass is 10.1. The molecule has 0 aliphatic heterocycles. The fraction of sp³-hybridized carbons (Fsp3) is 0.455. The number of fused-ring (bicyclic) bond motifs is 3. The zero-order valence-electron chi connectivity index (χ0n) is 16.1. The van der Waals surface area contributed by atoms with E-state index in [0.29, 0.717) is 13.2 Å². The summed E-state index contributed by atoms with van der Waals surface area (Å²) in [5, 5.41) is 12.5. The molecule has 4 heteroatoms. The van der Waals surface area contributed by atoms with Crippen LogP contribution in [0.15, 0.2) is 42.5 Å². The van der Waals surface area contributed by atoms with Crippen LogP contribution in [-0.2, 0) is 6.54 Å². The van der Waals surface area contributed by atoms with Crippen molar-refractivity contribution in [2.45, 2.75) is 38.8 Å². The Kier molecular flexibility index (Phi) is 6.17. The lowest BCUT2D eigenvalue weighted by Crippen LogP contribution is -2.30. The quantitative estimate of drug-likeness (QED) is 0.583. The summed E-state index contributed by atoms with van der Waals surface area (Å²) in [5.74, 6) is 0.853. The fourth-order valence-electron chi connectivity index (χ4n) is 3.61. The van der Waals surface area contributed by atoms with Gasteiger partial charge in [-0.1, -0.05) is 44.0 Å². The SMILES string of the molecule is CCCCCn1c2ccccc2c2c(OCC(O)CN(C)C)cccc21. The number of hydrogen-bond donors (Lipinski definition) is 1. The molecule has 0 spiro atoms. The third-order valence-electron chi connectivity index (χ3n) is 4.75. The number of aliphatic hydroxyl groups is 1. The first kappa shape index (κ1) is 18.7. The van der Waals surface area contributed by atoms with Gasteiger partial charge in [0, 0.05) is 29.4 Å². The van der Waals surface area contributed by atoms with E-state index in [1.54, 1.807) is 0 Å². The van der Waals surface area contributed by atoms with Crippen LogP contribution in [0.1, 0.15) is 26.2 Å². The summed E-state index contributed by atoms with van der Waals surface area (Å²) in [4.78, 5) is 1.97. The number of rotatable bonds is 9. The Balaban J connectivity index is 1.96. The van der Waals surface area contributed by atoms with Crippen molar-refractivity contribution in [1.29, 1.82) is 0 Å². The Morgan fingerprint density at radius 1 is 1.04 bits per heavy atom. The van der Waals surface area contributed by atoms with Crippen LogP contribution < -0.4 is 4.74 Å². The molecule has 1 unspecified atom stereocenters. The lowest BCUT2D eigenvalue weighted by molar-refractivity contribution is 0.0838. The van der Waals surface area contributed by atoms with Gasteiger partial charge in [0.05, 0.1) is 5.52 Å². The molecule has 1 atom stereocenters. The number of aryl methyl sites for hydroxylation is 1. The van der Waals surface area contributed by atoms with Crippen LogP contribution in [0.3, 0.4) is 0 Å². The van der Waals surface area contributed by atoms with Crippen LogP contribution in [0, 0.1) is 0 Å². The molecule has 26 heavy (non-hydrogen) atoms. The second-order valence-corrected chi connectivity index (χ2v) is 7.25. The number of benzene rings is 2. The van der Waals surface area contributed by atoms with E-state index in [2.05, 4.69) is 41.8 Å². The molecule has 1 heterocycles. The Labute approximate surface area is 156 Å². The highest BCUT2D eigenvalue weighted by atomic mass is 16.5. The summed E-state index contributed by atoms with van der Waals surface area (Å²) < 4.78 is 8.45. The molecule has 0 saturated heterocycles. The number of aliphatic hydroxyl groups excluding tert-OH is 1. The van der Waals surface area contributed by atoms with E-state index in [1.807, 2.05) is 31.1 Å². The molecule has 1 aromatic heterocycles. The molecular formula is C22H30N2O2. The van der Waals surface area contributed by atoms with Crippen LogP contribution in [0.5, 0.6) is 5.75 Å². The van der Waals surface area contributed by atoms with Gasteiger partial charge < -0.3 is 19.3 Å². The van der Waals surface area contributed by atoms with Crippen molar-refractivity contribution >= 4 is 21.8 Å². The van der Waals surface area contributed by atoms with Crippen LogP contribution in [0.2, 0.25) is 0 Å². The second kappa shape index (κ2) is 8.56. The topological polar surface area (TPSA) is 37.6 Å². The normalized spacial score (nSPS) is 13.0. The third kappa shape index (κ3) is 4.02. The summed E-state index contributed by atoms with van der Waals surface area (Å²) >= 11 is 0. The predicted molar refractivity (Wildman–Crippen MR) is 109 cm³/mol. The largest absolute Gasteiger partial charge is 0.490 e. The summed E-state index contributed by atoms with van der Waals surface area (Å²) in [5.41, 5.74) is 2.46. The first-order valence-corrected chi connectivity index (χ1v) is 9.57. The molecule has 0 radical (unpaired) electrons. The summed E-state index contributed by atoms with van der Waals surface area (Å²) in [6.45, 7) is 4.14. The van der Waals surface area contributed by atoms with Gasteiger partial charge in [-0.05, 0) is 38.7 Å². The molecule has 140 valence electrons. The Bertz CT molecular complexity index is 854. The van der Waals surface area contributed by atoms with Crippen molar-refractivity contribution in [3.8, 4) is 5.75 Å². The number of para-hydroxylation sites is 1. The van der Waals surface area contributed by atoms with Crippen LogP contribution in [0.25, 0.3) is 21.8 Å². The molecule has 2 aromatic carbocycles. The van der Waals surface area contributed by atoms with Crippen molar-refractivity contribution in [2.24, 2.45) is 0 Å². The Hall–Kier alpha value is -2.04. The predicted octanol–water partition coefficient (Wildman–Crippen LogP) is 4.29. The van der Waals surface area contributed by atoms with Gasteiger partial charge in [-0.25, -0.2) is 0 Å². The lowest BCUT2D eigenvalue weighted by Gasteiger charge is -2.17. The zero-order chi connectivity index (χ0) is 18.5. The first-order chi connectivity index (χ1) is 12.6. The van der Waals surface area contributed by atoms with Gasteiger partial charge in [-0.3, -0.25) is 0 Å². The summed E-state index contributed by atoms with van der Waals surface area (Å²) in [6.07, 6.45) is 3.13. The van der Waals surface area contributed by atoms with E-state index in [0.717, 1.165) is 17.7 Å². The number of aromatic nitrogens is 1. The fourth-order valence-corrected chi connectivity index (χ4v) is 3.61. The smallest absolute Gasteiger partial charge is 0.129 e. The Morgan fingerprint density at radius 3 is 2.58 bits per heavy atom. The highest BCUT2D eigenvalue weighted by molar-refractivity contribution is 6.11. The van der Waals surface area contributed by atoms with Gasteiger partial charge in [0.1, 0.15) is 18.5 Å². The van der Waals surface area contributed by atoms with Crippen LogP contribution in [-0.4, -0.2) is 47.9 Å². The number of unbranched alkanes of at least 4 members (excludes halogenated alkanes) is 2. The van der Waals surface area contributed by atoms with Gasteiger partial charge in [-0.2, -0.15) is 0 Å². The van der Waals surface area contributed by atoms with Crippen molar-refractivity contribution in [2.75, 3.05) is 27.2 Å². The molecule has 3 rings (SSSR count). The highest BCUT2D eigenvalue weighted by Crippen LogP contribution is 2.36. The number of hydrogen-bond acceptors (Lipinski definition) is 3. The maximum atomic E-state index is 10.1. The number of nitrogens with zero attached hydrogens (tertiary/aromatic N) is 2. The van der Waals surface area contributed by atoms with Gasteiger partial charge in [0.25, 0.3) is 0 Å². The molecule has 0 aliphatic rings. The van der Waals surface area contributed by atoms with Crippen molar-refractivity contribution in [3.05, 3.63) is 42.5 Å². The van der Waals surface area contributed by atoms with E-state index < -0.39 is 6.10 Å². The maximum Gasteiger partial charge on any atom is 0.129 e. The monoisotopic (exact) mass is 354 g/mol. The minimum absolute atomic E-state index is 0.298. The molecule has 1 N–H and O–H groups in total. The molecule has 3 aromatic rings. The van der Waals surface area contributed by atoms with Gasteiger partial charge in [-0.15, -0.1) is 0 Å². The second-order valence-electron chi connectivity index (χ2n) is 7.25. The van der Waals surface area contributed by atoms with E-state index >= 15 is 0 Å². The summed E-state index contributed by atoms with van der Waals surface area (Å²) in [7, 11) is 3.90. The van der Waals surface area contributed by atoms with Crippen LogP contribution in [0.4, 0.5) is 0 Å².